The third-order valence-corrected chi connectivity index (χ3v) is 15.4. The molecule has 0 unspecified atom stereocenters. The van der Waals surface area contributed by atoms with Gasteiger partial charge in [-0.25, -0.2) is 0 Å². The van der Waals surface area contributed by atoms with Crippen LogP contribution in [0.2, 0.25) is 0 Å². The van der Waals surface area contributed by atoms with Crippen LogP contribution in [0.15, 0.2) is 297 Å². The summed E-state index contributed by atoms with van der Waals surface area (Å²) in [5.41, 5.74) is 21.4. The lowest BCUT2D eigenvalue weighted by Gasteiger charge is -2.15. The molecule has 2 heteroatoms. The standard InChI is InChI=1S/C82H50O2/c1-2-56-53-71(61-45-49-67(50-46-61)75-73(63-25-13-5-14-26-63)79(81(83)77(75)65-29-17-7-18-30-65)69-41-37-59(38-42-69)35-33-57-21-9-3-10-22-57)55-72(54-56)62-47-51-68(52-48-62)76-74(64-27-15-6-16-28-64)80(82(84)78(76)66-31-19-8-20-32-66)70-43-39-60(40-44-70)36-34-58-23-11-4-12-24-58/h1,3-32,37-55H. The zero-order valence-corrected chi connectivity index (χ0v) is 45.7. The van der Waals surface area contributed by atoms with Gasteiger partial charge in [-0.15, -0.1) is 6.42 Å². The van der Waals surface area contributed by atoms with E-state index in [1.54, 1.807) is 0 Å². The third-order valence-electron chi connectivity index (χ3n) is 15.4. The topological polar surface area (TPSA) is 34.1 Å². The summed E-state index contributed by atoms with van der Waals surface area (Å²) in [5.74, 6) is 16.0. The van der Waals surface area contributed by atoms with Crippen molar-refractivity contribution >= 4 is 56.2 Å². The number of hydrogen-bond donors (Lipinski definition) is 0. The number of carbonyl (C=O) groups excluding carboxylic acids is 2. The van der Waals surface area contributed by atoms with Gasteiger partial charge in [-0.3, -0.25) is 9.59 Å². The summed E-state index contributed by atoms with van der Waals surface area (Å²) in [6, 6.07) is 99.4. The molecular weight excluding hydrogens is 1020 g/mol. The zero-order valence-electron chi connectivity index (χ0n) is 45.7. The second-order valence-electron chi connectivity index (χ2n) is 20.6. The molecule has 0 heterocycles. The Bertz CT molecular complexity index is 4340. The summed E-state index contributed by atoms with van der Waals surface area (Å²) in [7, 11) is 0. The molecule has 0 radical (unpaired) electrons. The van der Waals surface area contributed by atoms with Crippen LogP contribution in [0.5, 0.6) is 0 Å². The van der Waals surface area contributed by atoms with Gasteiger partial charge in [0.15, 0.2) is 11.6 Å². The average molecular weight is 1070 g/mol. The molecule has 0 saturated heterocycles. The molecule has 0 fully saturated rings. The largest absolute Gasteiger partial charge is 0.289 e. The number of ketones is 2. The minimum Gasteiger partial charge on any atom is -0.289 e. The van der Waals surface area contributed by atoms with Crippen LogP contribution >= 0.6 is 0 Å². The SMILES string of the molecule is C#Cc1cc(-c2ccc(C3=C(c4ccccc4)C(=O)C(c4ccc(C#Cc5ccccc5)cc4)=C3c3ccccc3)cc2)cc(-c2ccc(C3=C(c4ccccc4)C(=O)C(c4ccc(C#Cc5ccccc5)cc4)=C3c3ccccc3)cc2)c1. The molecule has 2 aliphatic rings. The lowest BCUT2D eigenvalue weighted by molar-refractivity contribution is -0.109. The summed E-state index contributed by atoms with van der Waals surface area (Å²) >= 11 is 0. The van der Waals surface area contributed by atoms with Crippen LogP contribution in [0.3, 0.4) is 0 Å². The highest BCUT2D eigenvalue weighted by Gasteiger charge is 2.37. The molecule has 0 saturated carbocycles. The second-order valence-corrected chi connectivity index (χ2v) is 20.6. The summed E-state index contributed by atoms with van der Waals surface area (Å²) in [5, 5.41) is 0. The van der Waals surface area contributed by atoms with Gasteiger partial charge in [0.2, 0.25) is 0 Å². The maximum absolute atomic E-state index is 15.2. The van der Waals surface area contributed by atoms with Crippen molar-refractivity contribution in [3.8, 4) is 58.3 Å². The molecule has 11 aromatic rings. The molecule has 0 N–H and O–H groups in total. The highest BCUT2D eigenvalue weighted by molar-refractivity contribution is 6.60. The van der Waals surface area contributed by atoms with Crippen LogP contribution in [0.25, 0.3) is 66.8 Å². The van der Waals surface area contributed by atoms with Gasteiger partial charge >= 0.3 is 0 Å². The van der Waals surface area contributed by atoms with E-state index < -0.39 is 0 Å². The molecule has 13 rings (SSSR count). The van der Waals surface area contributed by atoms with Gasteiger partial charge in [-0.2, -0.15) is 0 Å². The summed E-state index contributed by atoms with van der Waals surface area (Å²) < 4.78 is 0. The van der Waals surface area contributed by atoms with Crippen LogP contribution < -0.4 is 0 Å². The highest BCUT2D eigenvalue weighted by atomic mass is 16.1. The van der Waals surface area contributed by atoms with E-state index in [0.29, 0.717) is 22.3 Å². The summed E-state index contributed by atoms with van der Waals surface area (Å²) in [6.45, 7) is 0. The van der Waals surface area contributed by atoms with Crippen LogP contribution in [0.1, 0.15) is 72.3 Å². The van der Waals surface area contributed by atoms with Crippen molar-refractivity contribution in [2.45, 2.75) is 0 Å². The quantitative estimate of drug-likeness (QED) is 0.128. The average Bonchev–Trinajstić information content (AvgIpc) is 2.16. The number of hydrogen-bond acceptors (Lipinski definition) is 2. The van der Waals surface area contributed by atoms with Crippen molar-refractivity contribution < 1.29 is 9.59 Å². The Morgan fingerprint density at radius 2 is 0.405 bits per heavy atom. The van der Waals surface area contributed by atoms with Gasteiger partial charge in [0, 0.05) is 72.4 Å². The summed E-state index contributed by atoms with van der Waals surface area (Å²) in [6.07, 6.45) is 6.23. The monoisotopic (exact) mass is 1070 g/mol. The van der Waals surface area contributed by atoms with E-state index in [4.69, 9.17) is 6.42 Å². The van der Waals surface area contributed by atoms with Gasteiger partial charge in [-0.05, 0) is 133 Å². The molecule has 0 aromatic heterocycles. The maximum Gasteiger partial charge on any atom is 0.195 e. The fraction of sp³-hybridized carbons (Fsp3) is 0. The lowest BCUT2D eigenvalue weighted by atomic mass is 9.87. The van der Waals surface area contributed by atoms with E-state index in [1.165, 1.54) is 0 Å². The number of allylic oxidation sites excluding steroid dienone is 8. The minimum atomic E-state index is -0.0322. The first kappa shape index (κ1) is 51.8. The Kier molecular flexibility index (Phi) is 14.3. The van der Waals surface area contributed by atoms with Crippen molar-refractivity contribution in [3.63, 3.8) is 0 Å². The predicted molar refractivity (Wildman–Crippen MR) is 346 cm³/mol. The zero-order chi connectivity index (χ0) is 56.8. The molecule has 84 heavy (non-hydrogen) atoms. The van der Waals surface area contributed by atoms with E-state index in [9.17, 15) is 0 Å². The smallest absolute Gasteiger partial charge is 0.195 e. The fourth-order valence-corrected chi connectivity index (χ4v) is 11.4. The number of Topliss-reactive ketones (excluding diaryl/α,β-unsaturated/α-hetero) is 2. The number of benzene rings is 11. The van der Waals surface area contributed by atoms with Gasteiger partial charge in [0.25, 0.3) is 0 Å². The van der Waals surface area contributed by atoms with Crippen LogP contribution in [0, 0.1) is 36.0 Å². The molecule has 0 bridgehead atoms. The normalized spacial score (nSPS) is 12.9. The number of carbonyl (C=O) groups is 2. The second kappa shape index (κ2) is 23.2. The van der Waals surface area contributed by atoms with Gasteiger partial charge in [0.05, 0.1) is 0 Å². The van der Waals surface area contributed by atoms with Crippen molar-refractivity contribution in [3.05, 3.63) is 370 Å². The number of rotatable bonds is 10. The minimum absolute atomic E-state index is 0.0322. The van der Waals surface area contributed by atoms with E-state index >= 15 is 9.59 Å². The predicted octanol–water partition coefficient (Wildman–Crippen LogP) is 18.0. The first-order valence-electron chi connectivity index (χ1n) is 27.9. The van der Waals surface area contributed by atoms with E-state index in [0.717, 1.165) is 117 Å². The van der Waals surface area contributed by atoms with Crippen molar-refractivity contribution in [2.75, 3.05) is 0 Å². The summed E-state index contributed by atoms with van der Waals surface area (Å²) in [4.78, 5) is 30.4. The Morgan fingerprint density at radius 1 is 0.190 bits per heavy atom. The third kappa shape index (κ3) is 10.4. The Morgan fingerprint density at radius 3 is 0.690 bits per heavy atom. The molecule has 0 amide bonds. The Hall–Kier alpha value is -11.6. The molecule has 390 valence electrons. The molecule has 0 aliphatic heterocycles. The molecule has 0 atom stereocenters. The van der Waals surface area contributed by atoms with Crippen LogP contribution in [0.4, 0.5) is 0 Å². The Labute approximate surface area is 490 Å². The van der Waals surface area contributed by atoms with Gasteiger partial charge < -0.3 is 0 Å². The Balaban J connectivity index is 0.867. The highest BCUT2D eigenvalue weighted by Crippen LogP contribution is 2.52. The van der Waals surface area contributed by atoms with Crippen LogP contribution in [-0.4, -0.2) is 11.6 Å². The van der Waals surface area contributed by atoms with E-state index in [2.05, 4.69) is 108 Å². The first-order valence-corrected chi connectivity index (χ1v) is 27.9. The van der Waals surface area contributed by atoms with E-state index in [1.807, 2.05) is 218 Å². The lowest BCUT2D eigenvalue weighted by Crippen LogP contribution is -2.02. The maximum atomic E-state index is 15.2. The van der Waals surface area contributed by atoms with Gasteiger partial charge in [-0.1, -0.05) is 260 Å². The first-order chi connectivity index (χ1) is 41.5. The molecule has 2 aliphatic carbocycles. The van der Waals surface area contributed by atoms with E-state index in [-0.39, 0.29) is 11.6 Å². The van der Waals surface area contributed by atoms with Gasteiger partial charge in [0.1, 0.15) is 0 Å². The molecule has 11 aromatic carbocycles. The molecule has 0 spiro atoms. The molecule has 2 nitrogen and oxygen atoms in total. The number of terminal acetylenes is 1. The van der Waals surface area contributed by atoms with Crippen molar-refractivity contribution in [1.82, 2.24) is 0 Å². The fourth-order valence-electron chi connectivity index (χ4n) is 11.4. The van der Waals surface area contributed by atoms with Crippen molar-refractivity contribution in [2.24, 2.45) is 0 Å². The molecular formula is C82H50O2. The van der Waals surface area contributed by atoms with Crippen LogP contribution in [-0.2, 0) is 9.59 Å². The van der Waals surface area contributed by atoms with Crippen molar-refractivity contribution in [1.29, 1.82) is 0 Å².